The van der Waals surface area contributed by atoms with Crippen molar-refractivity contribution >= 4 is 0 Å². The minimum Gasteiger partial charge on any atom is -0.316 e. The summed E-state index contributed by atoms with van der Waals surface area (Å²) in [6.45, 7) is 1.81. The van der Waals surface area contributed by atoms with Crippen molar-refractivity contribution < 1.29 is 8.78 Å². The molecule has 0 bridgehead atoms. The van der Waals surface area contributed by atoms with E-state index < -0.39 is 5.92 Å². The summed E-state index contributed by atoms with van der Waals surface area (Å²) in [5, 5.41) is 3.19. The number of hydrogen-bond acceptors (Lipinski definition) is 1. The Bertz CT molecular complexity index is 242. The van der Waals surface area contributed by atoms with Crippen LogP contribution in [0.15, 0.2) is 0 Å². The Balaban J connectivity index is 2.45. The molecule has 1 nitrogen and oxygen atoms in total. The molecule has 0 spiro atoms. The second-order valence-corrected chi connectivity index (χ2v) is 4.22. The Hall–Kier alpha value is -0.620. The molecule has 0 amide bonds. The molecule has 3 heteroatoms. The van der Waals surface area contributed by atoms with Crippen LogP contribution in [-0.2, 0) is 0 Å². The largest absolute Gasteiger partial charge is 0.316 e. The molecule has 0 radical (unpaired) electrons. The van der Waals surface area contributed by atoms with E-state index in [-0.39, 0.29) is 18.9 Å². The lowest BCUT2D eigenvalue weighted by Crippen LogP contribution is -2.38. The predicted octanol–water partition coefficient (Wildman–Crippen LogP) is 2.81. The Morgan fingerprint density at radius 2 is 2.00 bits per heavy atom. The highest BCUT2D eigenvalue weighted by Crippen LogP contribution is 2.37. The molecule has 0 aromatic heterocycles. The van der Waals surface area contributed by atoms with Crippen molar-refractivity contribution in [1.82, 2.24) is 5.32 Å². The highest BCUT2D eigenvalue weighted by atomic mass is 19.3. The summed E-state index contributed by atoms with van der Waals surface area (Å²) in [4.78, 5) is 0. The van der Waals surface area contributed by atoms with Gasteiger partial charge in [0.2, 0.25) is 5.92 Å². The van der Waals surface area contributed by atoms with Crippen molar-refractivity contribution in [3.8, 4) is 11.8 Å². The molecule has 1 N–H and O–H groups in total. The van der Waals surface area contributed by atoms with Gasteiger partial charge in [-0.25, -0.2) is 8.78 Å². The number of halogens is 2. The van der Waals surface area contributed by atoms with Gasteiger partial charge in [-0.2, -0.15) is 0 Å². The average Bonchev–Trinajstić information content (AvgIpc) is 2.21. The molecule has 15 heavy (non-hydrogen) atoms. The second-order valence-electron chi connectivity index (χ2n) is 4.22. The van der Waals surface area contributed by atoms with Crippen molar-refractivity contribution in [3.63, 3.8) is 0 Å². The first-order valence-corrected chi connectivity index (χ1v) is 5.54. The molecule has 1 atom stereocenters. The zero-order chi connectivity index (χ0) is 11.3. The highest BCUT2D eigenvalue weighted by molar-refractivity contribution is 5.00. The molecule has 1 rings (SSSR count). The zero-order valence-electron chi connectivity index (χ0n) is 9.45. The molecule has 1 aliphatic rings. The molecule has 0 saturated heterocycles. The fraction of sp³-hybridized carbons (Fsp3) is 0.833. The van der Waals surface area contributed by atoms with E-state index in [1.54, 1.807) is 0 Å². The molecule has 0 aromatic carbocycles. The van der Waals surface area contributed by atoms with Gasteiger partial charge in [0.25, 0.3) is 0 Å². The predicted molar refractivity (Wildman–Crippen MR) is 57.8 cm³/mol. The van der Waals surface area contributed by atoms with Crippen molar-refractivity contribution in [3.05, 3.63) is 0 Å². The lowest BCUT2D eigenvalue weighted by molar-refractivity contribution is -0.0491. The zero-order valence-corrected chi connectivity index (χ0v) is 9.45. The second kappa shape index (κ2) is 5.46. The molecule has 0 aromatic rings. The van der Waals surface area contributed by atoms with E-state index in [1.807, 2.05) is 14.0 Å². The van der Waals surface area contributed by atoms with Crippen molar-refractivity contribution in [2.75, 3.05) is 7.05 Å². The van der Waals surface area contributed by atoms with Crippen LogP contribution in [0.3, 0.4) is 0 Å². The third kappa shape index (κ3) is 3.79. The molecule has 1 aliphatic carbocycles. The standard InChI is InChI=1S/C12H19F2N/c1-3-4-5-11(15-2)10-6-8-12(13,14)9-7-10/h10-11,15H,5-9H2,1-2H3. The Kier molecular flexibility index (Phi) is 4.53. The van der Waals surface area contributed by atoms with Crippen LogP contribution in [0.2, 0.25) is 0 Å². The molecule has 0 aliphatic heterocycles. The van der Waals surface area contributed by atoms with Crippen LogP contribution in [0.4, 0.5) is 8.78 Å². The lowest BCUT2D eigenvalue weighted by atomic mass is 9.81. The first-order valence-electron chi connectivity index (χ1n) is 5.54. The van der Waals surface area contributed by atoms with Crippen LogP contribution in [0.25, 0.3) is 0 Å². The van der Waals surface area contributed by atoms with Crippen molar-refractivity contribution in [2.45, 2.75) is 51.0 Å². The maximum atomic E-state index is 12.9. The minimum atomic E-state index is -2.43. The van der Waals surface area contributed by atoms with E-state index in [0.717, 1.165) is 6.42 Å². The summed E-state index contributed by atoms with van der Waals surface area (Å²) in [5.74, 6) is 3.80. The quantitative estimate of drug-likeness (QED) is 0.714. The van der Waals surface area contributed by atoms with Crippen molar-refractivity contribution in [2.24, 2.45) is 5.92 Å². The monoisotopic (exact) mass is 215 g/mol. The summed E-state index contributed by atoms with van der Waals surface area (Å²) < 4.78 is 25.9. The maximum absolute atomic E-state index is 12.9. The van der Waals surface area contributed by atoms with Gasteiger partial charge in [-0.15, -0.1) is 11.8 Å². The van der Waals surface area contributed by atoms with E-state index in [1.165, 1.54) is 0 Å². The van der Waals surface area contributed by atoms with Crippen LogP contribution in [0.1, 0.15) is 39.0 Å². The molecular formula is C12H19F2N. The van der Waals surface area contributed by atoms with Gasteiger partial charge in [0.15, 0.2) is 0 Å². The highest BCUT2D eigenvalue weighted by Gasteiger charge is 2.36. The van der Waals surface area contributed by atoms with E-state index in [0.29, 0.717) is 18.8 Å². The van der Waals surface area contributed by atoms with Gasteiger partial charge in [0.1, 0.15) is 0 Å². The van der Waals surface area contributed by atoms with Gasteiger partial charge in [-0.05, 0) is 32.7 Å². The molecule has 1 fully saturated rings. The number of hydrogen-bond donors (Lipinski definition) is 1. The SMILES string of the molecule is CC#CCC(NC)C1CCC(F)(F)CC1. The van der Waals surface area contributed by atoms with Crippen molar-refractivity contribution in [1.29, 1.82) is 0 Å². The summed E-state index contributed by atoms with van der Waals surface area (Å²) >= 11 is 0. The van der Waals surface area contributed by atoms with Gasteiger partial charge >= 0.3 is 0 Å². The van der Waals surface area contributed by atoms with Gasteiger partial charge in [-0.3, -0.25) is 0 Å². The Labute approximate surface area is 90.6 Å². The smallest absolute Gasteiger partial charge is 0.248 e. The van der Waals surface area contributed by atoms with Gasteiger partial charge in [-0.1, -0.05) is 0 Å². The Morgan fingerprint density at radius 1 is 1.40 bits per heavy atom. The third-order valence-electron chi connectivity index (χ3n) is 3.20. The molecule has 0 heterocycles. The van der Waals surface area contributed by atoms with E-state index in [4.69, 9.17) is 0 Å². The van der Waals surface area contributed by atoms with Crippen LogP contribution < -0.4 is 5.32 Å². The summed E-state index contributed by atoms with van der Waals surface area (Å²) in [6, 6.07) is 0.272. The van der Waals surface area contributed by atoms with E-state index in [9.17, 15) is 8.78 Å². The van der Waals surface area contributed by atoms with E-state index in [2.05, 4.69) is 17.2 Å². The summed E-state index contributed by atoms with van der Waals surface area (Å²) in [7, 11) is 1.88. The minimum absolute atomic E-state index is 0.0371. The fourth-order valence-corrected chi connectivity index (χ4v) is 2.18. The number of nitrogens with one attached hydrogen (secondary N) is 1. The topological polar surface area (TPSA) is 12.0 Å². The molecular weight excluding hydrogens is 196 g/mol. The van der Waals surface area contributed by atoms with Crippen LogP contribution in [0.5, 0.6) is 0 Å². The summed E-state index contributed by atoms with van der Waals surface area (Å²) in [6.07, 6.45) is 2.07. The first-order chi connectivity index (χ1) is 7.09. The number of rotatable bonds is 3. The van der Waals surface area contributed by atoms with E-state index >= 15 is 0 Å². The third-order valence-corrected chi connectivity index (χ3v) is 3.20. The van der Waals surface area contributed by atoms with Crippen LogP contribution in [0, 0.1) is 17.8 Å². The Morgan fingerprint density at radius 3 is 2.47 bits per heavy atom. The van der Waals surface area contributed by atoms with Gasteiger partial charge in [0.05, 0.1) is 0 Å². The average molecular weight is 215 g/mol. The van der Waals surface area contributed by atoms with Gasteiger partial charge < -0.3 is 5.32 Å². The van der Waals surface area contributed by atoms with Crippen LogP contribution >= 0.6 is 0 Å². The van der Waals surface area contributed by atoms with Crippen LogP contribution in [-0.4, -0.2) is 19.0 Å². The van der Waals surface area contributed by atoms with Gasteiger partial charge in [0, 0.05) is 25.3 Å². The molecule has 1 saturated carbocycles. The lowest BCUT2D eigenvalue weighted by Gasteiger charge is -2.32. The molecule has 86 valence electrons. The normalized spacial score (nSPS) is 22.9. The fourth-order valence-electron chi connectivity index (χ4n) is 2.18. The number of alkyl halides is 2. The summed E-state index contributed by atoms with van der Waals surface area (Å²) in [5.41, 5.74) is 0. The first kappa shape index (κ1) is 12.4. The molecule has 1 unspecified atom stereocenters. The maximum Gasteiger partial charge on any atom is 0.248 e.